The highest BCUT2D eigenvalue weighted by Gasteiger charge is 2.71. The summed E-state index contributed by atoms with van der Waals surface area (Å²) in [7, 11) is 0. The molecule has 4 heterocycles. The maximum atomic E-state index is 14.4. The van der Waals surface area contributed by atoms with Crippen LogP contribution < -0.4 is 4.90 Å². The van der Waals surface area contributed by atoms with Crippen LogP contribution in [0.25, 0.3) is 0 Å². The fourth-order valence-corrected chi connectivity index (χ4v) is 6.29. The van der Waals surface area contributed by atoms with Crippen molar-refractivity contribution in [3.8, 4) is 0 Å². The van der Waals surface area contributed by atoms with Crippen molar-refractivity contribution in [3.05, 3.63) is 53.6 Å². The second-order valence-electron chi connectivity index (χ2n) is 10.5. The summed E-state index contributed by atoms with van der Waals surface area (Å²) in [6, 6.07) is 5.11. The van der Waals surface area contributed by atoms with Crippen LogP contribution in [-0.2, 0) is 23.9 Å². The van der Waals surface area contributed by atoms with Gasteiger partial charge in [0.05, 0.1) is 18.6 Å². The first kappa shape index (κ1) is 25.7. The number of hydrogen-bond acceptors (Lipinski definition) is 6. The van der Waals surface area contributed by atoms with Crippen LogP contribution in [0.5, 0.6) is 0 Å². The van der Waals surface area contributed by atoms with Gasteiger partial charge in [0.25, 0.3) is 5.91 Å². The lowest BCUT2D eigenvalue weighted by Gasteiger charge is -2.35. The molecule has 1 unspecified atom stereocenters. The molecule has 0 aromatic heterocycles. The van der Waals surface area contributed by atoms with Crippen molar-refractivity contribution in [1.82, 2.24) is 4.90 Å². The average molecular weight is 509 g/mol. The summed E-state index contributed by atoms with van der Waals surface area (Å²) < 4.78 is 12.2. The Hall–Kier alpha value is -2.97. The van der Waals surface area contributed by atoms with Crippen molar-refractivity contribution in [2.24, 2.45) is 11.8 Å². The van der Waals surface area contributed by atoms with Crippen molar-refractivity contribution in [2.45, 2.75) is 63.7 Å². The third-order valence-electron chi connectivity index (χ3n) is 8.06. The lowest BCUT2D eigenvalue weighted by atomic mass is 9.78. The minimum absolute atomic E-state index is 0.0804. The molecular weight excluding hydrogens is 472 g/mol. The number of ether oxygens (including phenoxy) is 2. The summed E-state index contributed by atoms with van der Waals surface area (Å²) in [5.41, 5.74) is 1.56. The summed E-state index contributed by atoms with van der Waals surface area (Å²) in [4.78, 5) is 45.1. The molecule has 8 heteroatoms. The Morgan fingerprint density at radius 2 is 1.92 bits per heavy atom. The van der Waals surface area contributed by atoms with E-state index < -0.39 is 35.6 Å². The van der Waals surface area contributed by atoms with E-state index >= 15 is 0 Å². The van der Waals surface area contributed by atoms with Crippen molar-refractivity contribution in [3.63, 3.8) is 0 Å². The number of hydrogen-bond donors (Lipinski definition) is 1. The number of aryl methyl sites for hydroxylation is 2. The highest BCUT2D eigenvalue weighted by Crippen LogP contribution is 2.53. The van der Waals surface area contributed by atoms with E-state index in [0.29, 0.717) is 39.0 Å². The van der Waals surface area contributed by atoms with Crippen LogP contribution in [0.15, 0.2) is 42.5 Å². The number of carbonyl (C=O) groups is 3. The van der Waals surface area contributed by atoms with E-state index in [9.17, 15) is 19.5 Å². The van der Waals surface area contributed by atoms with E-state index in [1.165, 1.54) is 0 Å². The molecule has 2 amide bonds. The molecule has 8 nitrogen and oxygen atoms in total. The van der Waals surface area contributed by atoms with Gasteiger partial charge in [-0.05, 0) is 63.1 Å². The number of allylic oxidation sites excluding steroid dienone is 1. The number of carbonyl (C=O) groups excluding carboxylic acids is 3. The summed E-state index contributed by atoms with van der Waals surface area (Å²) >= 11 is 0. The number of benzene rings is 1. The molecule has 37 heavy (non-hydrogen) atoms. The lowest BCUT2D eigenvalue weighted by Crippen LogP contribution is -2.55. The van der Waals surface area contributed by atoms with E-state index in [4.69, 9.17) is 9.47 Å². The average Bonchev–Trinajstić information content (AvgIpc) is 3.28. The Morgan fingerprint density at radius 1 is 1.08 bits per heavy atom. The number of amides is 2. The molecule has 0 saturated carbocycles. The standard InChI is InChI=1S/C29H36N2O6/c1-19-11-12-20(2)21(18-19)30-15-9-13-29-24(23-22(37-29)10-5-3-8-17-36-28(23)35)26(33)31(25(29)27(30)34)14-6-4-7-16-32/h5,9-13,18,22-25,32H,3-4,6-8,14-17H2,1-2H3/b10-5-/t22-,23+,24+,25?,29+/m1/s1. The number of aliphatic hydroxyl groups excluding tert-OH is 1. The van der Waals surface area contributed by atoms with Gasteiger partial charge in [0.1, 0.15) is 17.6 Å². The van der Waals surface area contributed by atoms with Crippen LogP contribution in [0.3, 0.4) is 0 Å². The smallest absolute Gasteiger partial charge is 0.312 e. The number of rotatable bonds is 6. The molecule has 198 valence electrons. The molecule has 0 aliphatic carbocycles. The zero-order chi connectivity index (χ0) is 26.2. The molecule has 4 aliphatic heterocycles. The number of esters is 1. The summed E-state index contributed by atoms with van der Waals surface area (Å²) in [5.74, 6) is -2.54. The molecule has 5 atom stereocenters. The Morgan fingerprint density at radius 3 is 2.73 bits per heavy atom. The molecule has 1 aromatic carbocycles. The van der Waals surface area contributed by atoms with Crippen LogP contribution in [0.1, 0.15) is 43.2 Å². The highest BCUT2D eigenvalue weighted by atomic mass is 16.6. The topological polar surface area (TPSA) is 96.4 Å². The quantitative estimate of drug-likeness (QED) is 0.361. The molecule has 1 N–H and O–H groups in total. The molecule has 0 radical (unpaired) electrons. The number of likely N-dealkylation sites (tertiary alicyclic amines) is 1. The van der Waals surface area contributed by atoms with Crippen molar-refractivity contribution in [1.29, 1.82) is 0 Å². The Balaban J connectivity index is 1.58. The molecule has 0 bridgehead atoms. The second kappa shape index (κ2) is 10.4. The van der Waals surface area contributed by atoms with E-state index in [2.05, 4.69) is 0 Å². The number of nitrogens with zero attached hydrogens (tertiary/aromatic N) is 2. The first-order chi connectivity index (χ1) is 17.9. The summed E-state index contributed by atoms with van der Waals surface area (Å²) in [5, 5.41) is 9.22. The van der Waals surface area contributed by atoms with Crippen LogP contribution >= 0.6 is 0 Å². The fraction of sp³-hybridized carbons (Fsp3) is 0.552. The van der Waals surface area contributed by atoms with Crippen molar-refractivity contribution < 1.29 is 29.0 Å². The highest BCUT2D eigenvalue weighted by molar-refractivity contribution is 6.05. The van der Waals surface area contributed by atoms with Crippen molar-refractivity contribution in [2.75, 3.05) is 31.2 Å². The largest absolute Gasteiger partial charge is 0.465 e. The van der Waals surface area contributed by atoms with Gasteiger partial charge in [0.2, 0.25) is 5.91 Å². The normalized spacial score (nSPS) is 32.1. The van der Waals surface area contributed by atoms with Gasteiger partial charge in [-0.15, -0.1) is 0 Å². The number of unbranched alkanes of at least 4 members (excludes halogenated alkanes) is 2. The Kier molecular flexibility index (Phi) is 7.23. The van der Waals surface area contributed by atoms with E-state index in [0.717, 1.165) is 29.7 Å². The number of cyclic esters (lactones) is 1. The molecule has 2 fully saturated rings. The van der Waals surface area contributed by atoms with E-state index in [-0.39, 0.29) is 18.4 Å². The minimum atomic E-state index is -1.25. The zero-order valence-electron chi connectivity index (χ0n) is 21.6. The number of aliphatic hydroxyl groups is 1. The SMILES string of the molecule is Cc1ccc(C)c(N2CC=C[C@]34O[C@@H]5/C=C\CCCOC(=O)[C@@H]5[C@H]3C(=O)N(CCCCCO)C4C2=O)c1. The Labute approximate surface area is 217 Å². The maximum absolute atomic E-state index is 14.4. The molecule has 2 saturated heterocycles. The van der Waals surface area contributed by atoms with Crippen molar-refractivity contribution >= 4 is 23.5 Å². The van der Waals surface area contributed by atoms with Gasteiger partial charge in [0.15, 0.2) is 0 Å². The van der Waals surface area contributed by atoms with Gasteiger partial charge in [-0.3, -0.25) is 14.4 Å². The first-order valence-corrected chi connectivity index (χ1v) is 13.4. The predicted molar refractivity (Wildman–Crippen MR) is 138 cm³/mol. The van der Waals surface area contributed by atoms with Gasteiger partial charge in [-0.2, -0.15) is 0 Å². The van der Waals surface area contributed by atoms with Crippen LogP contribution in [-0.4, -0.2) is 71.8 Å². The van der Waals surface area contributed by atoms with E-state index in [1.807, 2.05) is 56.4 Å². The molecule has 5 rings (SSSR count). The van der Waals surface area contributed by atoms with Gasteiger partial charge < -0.3 is 24.4 Å². The van der Waals surface area contributed by atoms with Gasteiger partial charge in [-0.25, -0.2) is 0 Å². The predicted octanol–water partition coefficient (Wildman–Crippen LogP) is 2.84. The summed E-state index contributed by atoms with van der Waals surface area (Å²) in [6.07, 6.45) is 10.4. The summed E-state index contributed by atoms with van der Waals surface area (Å²) in [6.45, 7) is 5.04. The minimum Gasteiger partial charge on any atom is -0.465 e. The zero-order valence-corrected chi connectivity index (χ0v) is 21.6. The van der Waals surface area contributed by atoms with Crippen LogP contribution in [0.2, 0.25) is 0 Å². The molecular formula is C29H36N2O6. The molecule has 1 aromatic rings. The third kappa shape index (κ3) is 4.40. The monoisotopic (exact) mass is 508 g/mol. The lowest BCUT2D eigenvalue weighted by molar-refractivity contribution is -0.154. The second-order valence-corrected chi connectivity index (χ2v) is 10.5. The fourth-order valence-electron chi connectivity index (χ4n) is 6.29. The maximum Gasteiger partial charge on any atom is 0.312 e. The number of fused-ring (bicyclic) bond motifs is 2. The van der Waals surface area contributed by atoms with Gasteiger partial charge >= 0.3 is 5.97 Å². The van der Waals surface area contributed by atoms with Crippen LogP contribution in [0.4, 0.5) is 5.69 Å². The van der Waals surface area contributed by atoms with Crippen LogP contribution in [0, 0.1) is 25.7 Å². The van der Waals surface area contributed by atoms with E-state index in [1.54, 1.807) is 9.80 Å². The number of anilines is 1. The third-order valence-corrected chi connectivity index (χ3v) is 8.06. The molecule has 1 spiro atoms. The first-order valence-electron chi connectivity index (χ1n) is 13.4. The molecule has 4 aliphatic rings. The van der Waals surface area contributed by atoms with Gasteiger partial charge in [0, 0.05) is 25.4 Å². The van der Waals surface area contributed by atoms with Gasteiger partial charge in [-0.1, -0.05) is 36.4 Å². The Bertz CT molecular complexity index is 1130.